The van der Waals surface area contributed by atoms with Gasteiger partial charge in [-0.2, -0.15) is 0 Å². The Morgan fingerprint density at radius 2 is 0.585 bits per heavy atom. The molecule has 0 aromatic heterocycles. The Kier molecular flexibility index (Phi) is 41.7. The number of anilines is 5. The second kappa shape index (κ2) is 51.2. The first-order chi connectivity index (χ1) is 62.1. The van der Waals surface area contributed by atoms with Crippen LogP contribution in [0.4, 0.5) is 38.0 Å². The van der Waals surface area contributed by atoms with E-state index in [1.807, 2.05) is 192 Å². The molecule has 28 nitrogen and oxygen atoms in total. The number of hydrogen-bond donors (Lipinski definition) is 11. The molecule has 6 amide bonds. The number of ether oxygens (including phenoxy) is 2. The molecule has 12 N–H and O–H groups in total. The number of nitrogen functional groups attached to an aromatic ring is 1. The average Bonchev–Trinajstić information content (AvgIpc) is 0.783. The summed E-state index contributed by atoms with van der Waals surface area (Å²) in [5, 5.41) is 61.9. The Morgan fingerprint density at radius 1 is 0.326 bits per heavy atom. The van der Waals surface area contributed by atoms with E-state index in [0.29, 0.717) is 103 Å². The van der Waals surface area contributed by atoms with Crippen molar-refractivity contribution in [2.24, 2.45) is 0 Å². The van der Waals surface area contributed by atoms with Gasteiger partial charge in [-0.25, -0.2) is 19.2 Å². The summed E-state index contributed by atoms with van der Waals surface area (Å²) in [5.74, 6) is -5.31. The number of amides is 6. The zero-order valence-electron chi connectivity index (χ0n) is 74.8. The van der Waals surface area contributed by atoms with Gasteiger partial charge in [0.25, 0.3) is 23.6 Å². The number of carboxylic acids is 5. The summed E-state index contributed by atoms with van der Waals surface area (Å²) in [4.78, 5) is 138. The van der Waals surface area contributed by atoms with Gasteiger partial charge in [-0.1, -0.05) is 164 Å². The molecule has 11 aromatic carbocycles. The van der Waals surface area contributed by atoms with Crippen LogP contribution < -0.4 is 32.3 Å². The molecule has 5 aliphatic rings. The van der Waals surface area contributed by atoms with E-state index in [-0.39, 0.29) is 151 Å². The fourth-order valence-corrected chi connectivity index (χ4v) is 15.6. The van der Waals surface area contributed by atoms with E-state index in [1.54, 1.807) is 133 Å². The van der Waals surface area contributed by atoms with Gasteiger partial charge in [0.1, 0.15) is 41.4 Å². The summed E-state index contributed by atoms with van der Waals surface area (Å²) < 4.78 is 10.7. The molecule has 0 saturated carbocycles. The fourth-order valence-electron chi connectivity index (χ4n) is 15.6. The van der Waals surface area contributed by atoms with Gasteiger partial charge in [-0.15, -0.1) is 17.0 Å². The van der Waals surface area contributed by atoms with Crippen LogP contribution in [-0.2, 0) is 196 Å². The molecule has 0 fully saturated rings. The van der Waals surface area contributed by atoms with Crippen molar-refractivity contribution in [2.75, 3.05) is 27.0 Å². The number of carbonyl (C=O) groups excluding carboxylic acids is 6. The van der Waals surface area contributed by atoms with E-state index in [9.17, 15) is 73.2 Å². The molecule has 0 spiro atoms. The molecule has 0 aliphatic carbocycles. The maximum absolute atomic E-state index is 12.6. The van der Waals surface area contributed by atoms with Crippen LogP contribution >= 0.6 is 17.0 Å². The summed E-state index contributed by atoms with van der Waals surface area (Å²) in [6, 6.07) is 79.8. The van der Waals surface area contributed by atoms with Crippen LogP contribution in [0.3, 0.4) is 0 Å². The van der Waals surface area contributed by atoms with Gasteiger partial charge in [0.05, 0.1) is 13.1 Å². The van der Waals surface area contributed by atoms with Crippen molar-refractivity contribution in [2.45, 2.75) is 161 Å². The van der Waals surface area contributed by atoms with Gasteiger partial charge >= 0.3 is 42.0 Å². The number of nitrogens with one attached hydrogen (secondary N) is 5. The van der Waals surface area contributed by atoms with Crippen LogP contribution in [0, 0.1) is 0 Å². The zero-order valence-corrected chi connectivity index (χ0v) is 88.3. The topological polar surface area (TPSA) is 407 Å². The molecule has 0 saturated heterocycles. The quantitative estimate of drug-likeness (QED) is 0.0377. The third-order valence-electron chi connectivity index (χ3n) is 22.1. The molecule has 5 heterocycles. The van der Waals surface area contributed by atoms with Crippen molar-refractivity contribution < 1.29 is 172 Å². The summed E-state index contributed by atoms with van der Waals surface area (Å²) in [5.41, 5.74) is 21.7. The van der Waals surface area contributed by atoms with Gasteiger partial charge in [-0.05, 0) is 237 Å². The van der Waals surface area contributed by atoms with Crippen molar-refractivity contribution in [1.29, 1.82) is 0 Å². The van der Waals surface area contributed by atoms with Crippen molar-refractivity contribution >= 4 is 111 Å². The van der Waals surface area contributed by atoms with Crippen molar-refractivity contribution in [3.05, 3.63) is 362 Å². The zero-order chi connectivity index (χ0) is 92.9. The van der Waals surface area contributed by atoms with Crippen LogP contribution in [0.2, 0.25) is 0 Å². The molecule has 5 unspecified atom stereocenters. The summed E-state index contributed by atoms with van der Waals surface area (Å²) in [7, 11) is 0. The maximum atomic E-state index is 12.6. The van der Waals surface area contributed by atoms with Crippen molar-refractivity contribution in [3.8, 4) is 0 Å². The Balaban J connectivity index is 0.000000229. The number of benzene rings is 11. The largest absolute Gasteiger partial charge is 0.480 e. The molecule has 0 bridgehead atoms. The first-order valence-corrected chi connectivity index (χ1v) is 42.4. The minimum atomic E-state index is -1.08. The molecule has 5 atom stereocenters. The number of rotatable bonds is 17. The monoisotopic (exact) mass is 2570 g/mol. The number of carboxylic acid groups (broad SMARTS) is 5. The third-order valence-corrected chi connectivity index (χ3v) is 22.1. The van der Waals surface area contributed by atoms with Gasteiger partial charge < -0.3 is 67.3 Å². The van der Waals surface area contributed by atoms with Crippen LogP contribution in [0.5, 0.6) is 0 Å². The minimum absolute atomic E-state index is 0. The Morgan fingerprint density at radius 3 is 0.874 bits per heavy atom. The number of nitrogens with two attached hydrogens (primary N) is 1. The first kappa shape index (κ1) is 110. The number of halogens is 1. The molecule has 11 aromatic rings. The Hall–Kier alpha value is -11.9. The number of aliphatic carboxylic acids is 5. The number of fused-ring (bicyclic) bond motifs is 5. The van der Waals surface area contributed by atoms with Gasteiger partial charge in [0.2, 0.25) is 0 Å². The molecular weight excluding hydrogens is 2470 g/mol. The van der Waals surface area contributed by atoms with E-state index >= 15 is 0 Å². The second-order valence-corrected chi connectivity index (χ2v) is 33.9. The van der Waals surface area contributed by atoms with Gasteiger partial charge in [0, 0.05) is 181 Å². The fraction of sp³-hybridized carbons (Fsp3) is 0.245. The van der Waals surface area contributed by atoms with E-state index in [2.05, 4.69) is 26.6 Å². The Bertz CT molecular complexity index is 5790. The normalized spacial score (nSPS) is 15.9. The predicted molar refractivity (Wildman–Crippen MR) is 502 cm³/mol. The molecule has 135 heavy (non-hydrogen) atoms. The summed E-state index contributed by atoms with van der Waals surface area (Å²) in [6.07, 6.45) is 0.491. The Labute approximate surface area is 850 Å². The average molecular weight is 2570 g/mol. The van der Waals surface area contributed by atoms with Crippen molar-refractivity contribution in [3.63, 3.8) is 0 Å². The second-order valence-electron chi connectivity index (χ2n) is 33.9. The standard InChI is InChI=1S/2C24H22N2O3.C22H24N2O5.C17H16N2O3.C15H20N2O4.BrH.4W/c2*27-23(18-9-5-2-6-10-18)25-21-12-11-19-14-22(24(28)29)26(16-20(19)13-21)15-17-7-3-1-4-8-17;1-22(2,3)29-21(28)24-13-16-11-17(10-9-15(16)12-18(24)20(26)27)23-19(25)14-7-5-4-6-8-14;20-16(11-4-2-1-3-5-11)19-14-7-6-12-9-15(17(21)22)18-10-13(12)8-14;1-15(2,3)21-14(20)17-8-10-6-11(16)5-4-9(10)7-12(17)13(18)19;;;;;/h2*1-13,22H,14-16H2,(H,25,27)(H,28,29);4-11,18H,12-13H2,1-3H3,(H,23,25)(H,26,27);1-8,15,18H,9-10H2,(H,19,20)(H,21,22);4-6,12H,7-8,16H2,1-3H3,(H,18,19);1H;;;;. The van der Waals surface area contributed by atoms with E-state index in [4.69, 9.17) is 20.3 Å². The molecule has 702 valence electrons. The molecule has 5 aliphatic heterocycles. The SMILES string of the molecule is Br.CC(C)(C)OC(=O)N1Cc2cc(N)ccc2CC1C(=O)O.CC(C)(C)OC(=O)N1Cc2cc(NC(=O)c3ccccc3)ccc2CC1C(=O)O.O=C(Nc1ccc2c(c1)CN(Cc1ccccc1)C(C(=O)O)C2)c1ccccc1.O=C(Nc1ccc2c(c1)CN(Cc1ccccc1)C(C(=O)O)C2)c1ccccc1.O=C(Nc1ccc2c(c1)CNC(C(=O)O)C2)c1ccccc1.[W].[W].[W].[W]. The number of hydrogen-bond acceptors (Lipinski definition) is 17. The minimum Gasteiger partial charge on any atom is -0.480 e. The molecule has 0 radical (unpaired) electrons. The van der Waals surface area contributed by atoms with Crippen LogP contribution in [0.1, 0.15) is 150 Å². The van der Waals surface area contributed by atoms with E-state index in [0.717, 1.165) is 66.8 Å². The van der Waals surface area contributed by atoms with E-state index < -0.39 is 83.4 Å². The molecule has 33 heteroatoms. The van der Waals surface area contributed by atoms with Gasteiger partial charge in [0.15, 0.2) is 0 Å². The summed E-state index contributed by atoms with van der Waals surface area (Å²) in [6.45, 7) is 13.4. The summed E-state index contributed by atoms with van der Waals surface area (Å²) >= 11 is 0. The van der Waals surface area contributed by atoms with Crippen LogP contribution in [0.25, 0.3) is 0 Å². The van der Waals surface area contributed by atoms with Crippen LogP contribution in [0.15, 0.2) is 273 Å². The maximum Gasteiger partial charge on any atom is 0.411 e. The van der Waals surface area contributed by atoms with Gasteiger partial charge in [-0.3, -0.25) is 53.2 Å². The van der Waals surface area contributed by atoms with Crippen LogP contribution in [-0.4, -0.2) is 152 Å². The predicted octanol–water partition coefficient (Wildman–Crippen LogP) is 16.2. The van der Waals surface area contributed by atoms with Crippen molar-refractivity contribution in [1.82, 2.24) is 24.9 Å². The third kappa shape index (κ3) is 31.6. The number of carbonyl (C=O) groups is 11. The smallest absolute Gasteiger partial charge is 0.411 e. The first-order valence-electron chi connectivity index (χ1n) is 42.4. The number of nitrogens with zero attached hydrogens (tertiary/aromatic N) is 4. The molecular formula is C102H105BrN10O18W4. The van der Waals surface area contributed by atoms with E-state index in [1.165, 1.54) is 9.80 Å². The molecule has 16 rings (SSSR count).